The van der Waals surface area contributed by atoms with Crippen LogP contribution in [0, 0.1) is 6.07 Å². The largest absolute Gasteiger partial charge is 0.305 e. The van der Waals surface area contributed by atoms with Crippen molar-refractivity contribution < 1.29 is 20.1 Å². The predicted octanol–water partition coefficient (Wildman–Crippen LogP) is 5.14. The van der Waals surface area contributed by atoms with E-state index >= 15 is 0 Å². The van der Waals surface area contributed by atoms with E-state index in [0.717, 1.165) is 11.3 Å². The molecule has 0 N–H and O–H groups in total. The summed E-state index contributed by atoms with van der Waals surface area (Å²) in [7, 11) is 0. The van der Waals surface area contributed by atoms with Gasteiger partial charge in [0.05, 0.1) is 0 Å². The standard InChI is InChI=1S/C19H24N.Ir/c1-18(2,3)15-9-7-8-14(12-15)17-13-16(10-11-20-17)19(4,5)6;/h7,9-13H,1-6H3;/q-1;. The normalized spacial score (nSPS) is 11.9. The van der Waals surface area contributed by atoms with Crippen LogP contribution < -0.4 is 0 Å². The van der Waals surface area contributed by atoms with Crippen LogP contribution in [0.5, 0.6) is 0 Å². The van der Waals surface area contributed by atoms with Crippen molar-refractivity contribution in [1.29, 1.82) is 0 Å². The zero-order valence-corrected chi connectivity index (χ0v) is 16.1. The minimum Gasteiger partial charge on any atom is -0.305 e. The van der Waals surface area contributed by atoms with Crippen LogP contribution in [0.3, 0.4) is 0 Å². The quantitative estimate of drug-likeness (QED) is 0.539. The summed E-state index contributed by atoms with van der Waals surface area (Å²) < 4.78 is 0. The molecule has 0 spiro atoms. The Bertz CT molecular complexity index is 548. The maximum absolute atomic E-state index is 4.52. The first kappa shape index (κ1) is 18.1. The molecule has 1 radical (unpaired) electrons. The van der Waals surface area contributed by atoms with Gasteiger partial charge in [0, 0.05) is 26.3 Å². The van der Waals surface area contributed by atoms with Crippen LogP contribution in [0.15, 0.2) is 36.5 Å². The van der Waals surface area contributed by atoms with Gasteiger partial charge in [-0.3, -0.25) is 0 Å². The van der Waals surface area contributed by atoms with Crippen LogP contribution in [0.1, 0.15) is 52.7 Å². The molecule has 1 nitrogen and oxygen atoms in total. The second kappa shape index (κ2) is 6.42. The van der Waals surface area contributed by atoms with E-state index in [1.54, 1.807) is 0 Å². The molecule has 2 rings (SSSR count). The zero-order chi connectivity index (χ0) is 15.0. The van der Waals surface area contributed by atoms with Gasteiger partial charge in [-0.1, -0.05) is 47.6 Å². The molecular formula is C19H24IrN-. The molecule has 0 saturated carbocycles. The summed E-state index contributed by atoms with van der Waals surface area (Å²) in [6.07, 6.45) is 1.90. The van der Waals surface area contributed by atoms with Crippen LogP contribution >= 0.6 is 0 Å². The van der Waals surface area contributed by atoms with Crippen molar-refractivity contribution in [3.63, 3.8) is 0 Å². The summed E-state index contributed by atoms with van der Waals surface area (Å²) in [5, 5.41) is 0. The number of benzene rings is 1. The van der Waals surface area contributed by atoms with Crippen molar-refractivity contribution in [1.82, 2.24) is 4.98 Å². The maximum atomic E-state index is 4.52. The Kier molecular flexibility index (Phi) is 5.52. The fourth-order valence-corrected chi connectivity index (χ4v) is 2.13. The van der Waals surface area contributed by atoms with Gasteiger partial charge in [0.15, 0.2) is 0 Å². The third-order valence-electron chi connectivity index (χ3n) is 3.57. The monoisotopic (exact) mass is 459 g/mol. The van der Waals surface area contributed by atoms with E-state index in [1.165, 1.54) is 11.1 Å². The Morgan fingerprint density at radius 1 is 0.857 bits per heavy atom. The fraction of sp³-hybridized carbons (Fsp3) is 0.421. The number of pyridine rings is 1. The second-order valence-corrected chi connectivity index (χ2v) is 7.42. The number of hydrogen-bond acceptors (Lipinski definition) is 1. The first-order chi connectivity index (χ1) is 9.18. The molecule has 115 valence electrons. The van der Waals surface area contributed by atoms with Gasteiger partial charge in [-0.05, 0) is 28.2 Å². The average Bonchev–Trinajstić information content (AvgIpc) is 2.37. The third-order valence-corrected chi connectivity index (χ3v) is 3.57. The van der Waals surface area contributed by atoms with Gasteiger partial charge >= 0.3 is 0 Å². The summed E-state index contributed by atoms with van der Waals surface area (Å²) in [6, 6.07) is 13.9. The molecule has 0 unspecified atom stereocenters. The molecule has 0 aliphatic carbocycles. The predicted molar refractivity (Wildman–Crippen MR) is 85.9 cm³/mol. The van der Waals surface area contributed by atoms with Gasteiger partial charge in [0.1, 0.15) is 0 Å². The van der Waals surface area contributed by atoms with E-state index in [9.17, 15) is 0 Å². The van der Waals surface area contributed by atoms with Crippen molar-refractivity contribution >= 4 is 0 Å². The minimum absolute atomic E-state index is 0. The molecule has 0 aliphatic rings. The fourth-order valence-electron chi connectivity index (χ4n) is 2.13. The SMILES string of the molecule is CC(C)(C)c1cc[c-]c(-c2cc(C(C)(C)C)ccn2)c1.[Ir]. The van der Waals surface area contributed by atoms with E-state index in [1.807, 2.05) is 12.3 Å². The van der Waals surface area contributed by atoms with Crippen molar-refractivity contribution in [2.24, 2.45) is 0 Å². The van der Waals surface area contributed by atoms with Gasteiger partial charge < -0.3 is 4.98 Å². The van der Waals surface area contributed by atoms with Crippen molar-refractivity contribution in [2.45, 2.75) is 52.4 Å². The molecule has 1 heterocycles. The van der Waals surface area contributed by atoms with Crippen molar-refractivity contribution in [3.8, 4) is 11.3 Å². The molecule has 2 aromatic rings. The van der Waals surface area contributed by atoms with E-state index in [0.29, 0.717) is 0 Å². The summed E-state index contributed by atoms with van der Waals surface area (Å²) in [4.78, 5) is 4.52. The smallest absolute Gasteiger partial charge is 0.0163 e. The number of nitrogens with zero attached hydrogens (tertiary/aromatic N) is 1. The van der Waals surface area contributed by atoms with Crippen LogP contribution in [0.25, 0.3) is 11.3 Å². The van der Waals surface area contributed by atoms with Crippen LogP contribution in [-0.2, 0) is 30.9 Å². The molecule has 0 amide bonds. The second-order valence-electron chi connectivity index (χ2n) is 7.42. The topological polar surface area (TPSA) is 12.9 Å². The molecule has 0 saturated heterocycles. The van der Waals surface area contributed by atoms with E-state index in [2.05, 4.69) is 76.9 Å². The van der Waals surface area contributed by atoms with Gasteiger partial charge in [0.25, 0.3) is 0 Å². The molecule has 1 aromatic heterocycles. The summed E-state index contributed by atoms with van der Waals surface area (Å²) >= 11 is 0. The number of rotatable bonds is 1. The van der Waals surface area contributed by atoms with E-state index in [4.69, 9.17) is 0 Å². The zero-order valence-electron chi connectivity index (χ0n) is 13.7. The summed E-state index contributed by atoms with van der Waals surface area (Å²) in [5.74, 6) is 0. The van der Waals surface area contributed by atoms with E-state index in [-0.39, 0.29) is 30.9 Å². The molecule has 21 heavy (non-hydrogen) atoms. The van der Waals surface area contributed by atoms with Gasteiger partial charge in [-0.15, -0.1) is 35.4 Å². The van der Waals surface area contributed by atoms with E-state index < -0.39 is 0 Å². The molecule has 0 fully saturated rings. The maximum Gasteiger partial charge on any atom is 0.0163 e. The summed E-state index contributed by atoms with van der Waals surface area (Å²) in [6.45, 7) is 13.4. The molecular weight excluding hydrogens is 434 g/mol. The van der Waals surface area contributed by atoms with Crippen LogP contribution in [0.2, 0.25) is 0 Å². The first-order valence-corrected chi connectivity index (χ1v) is 7.17. The van der Waals surface area contributed by atoms with Gasteiger partial charge in [-0.2, -0.15) is 0 Å². The third kappa shape index (κ3) is 4.49. The Morgan fingerprint density at radius 2 is 1.43 bits per heavy atom. The average molecular weight is 459 g/mol. The Hall–Kier alpha value is -0.981. The molecule has 0 atom stereocenters. The Morgan fingerprint density at radius 3 is 2.00 bits per heavy atom. The molecule has 2 heteroatoms. The van der Waals surface area contributed by atoms with Crippen LogP contribution in [0.4, 0.5) is 0 Å². The van der Waals surface area contributed by atoms with Crippen LogP contribution in [-0.4, -0.2) is 4.98 Å². The molecule has 0 aliphatic heterocycles. The molecule has 0 bridgehead atoms. The Balaban J connectivity index is 0.00000220. The number of aromatic nitrogens is 1. The van der Waals surface area contributed by atoms with Gasteiger partial charge in [0.2, 0.25) is 0 Å². The van der Waals surface area contributed by atoms with Gasteiger partial charge in [-0.25, -0.2) is 0 Å². The van der Waals surface area contributed by atoms with Crippen molar-refractivity contribution in [3.05, 3.63) is 53.7 Å². The summed E-state index contributed by atoms with van der Waals surface area (Å²) in [5.41, 5.74) is 4.98. The first-order valence-electron chi connectivity index (χ1n) is 7.17. The minimum atomic E-state index is 0. The number of hydrogen-bond donors (Lipinski definition) is 0. The molecule has 1 aromatic carbocycles. The van der Waals surface area contributed by atoms with Crippen molar-refractivity contribution in [2.75, 3.05) is 0 Å². The Labute approximate surface area is 142 Å².